The van der Waals surface area contributed by atoms with Crippen molar-refractivity contribution in [3.8, 4) is 17.3 Å². The van der Waals surface area contributed by atoms with Crippen LogP contribution in [-0.2, 0) is 0 Å². The van der Waals surface area contributed by atoms with Gasteiger partial charge in [-0.15, -0.1) is 0 Å². The predicted molar refractivity (Wildman–Crippen MR) is 92.7 cm³/mol. The molecule has 23 heavy (non-hydrogen) atoms. The van der Waals surface area contributed by atoms with E-state index in [4.69, 9.17) is 11.6 Å². The van der Waals surface area contributed by atoms with Gasteiger partial charge in [0.05, 0.1) is 16.3 Å². The van der Waals surface area contributed by atoms with Crippen LogP contribution >= 0.6 is 11.6 Å². The minimum Gasteiger partial charge on any atom is -0.370 e. The Hall–Kier alpha value is -2.51. The van der Waals surface area contributed by atoms with Gasteiger partial charge in [0.15, 0.2) is 0 Å². The largest absolute Gasteiger partial charge is 0.370 e. The molecule has 1 N–H and O–H groups in total. The maximum absolute atomic E-state index is 9.51. The fourth-order valence-corrected chi connectivity index (χ4v) is 3.38. The summed E-state index contributed by atoms with van der Waals surface area (Å²) in [6.07, 6.45) is 4.07. The molecule has 1 fully saturated rings. The van der Waals surface area contributed by atoms with Crippen molar-refractivity contribution >= 4 is 28.3 Å². The SMILES string of the molecule is N#Cc1cc(-c2cc3c(Cl)ccnc3[nH]2)ccc1N1CCCC1. The van der Waals surface area contributed by atoms with Gasteiger partial charge in [-0.25, -0.2) is 4.98 Å². The van der Waals surface area contributed by atoms with Gasteiger partial charge >= 0.3 is 0 Å². The van der Waals surface area contributed by atoms with Crippen molar-refractivity contribution in [2.45, 2.75) is 12.8 Å². The number of benzene rings is 1. The zero-order valence-electron chi connectivity index (χ0n) is 12.5. The standard InChI is InChI=1S/C18H15ClN4/c19-15-5-6-21-18-14(15)10-16(22-18)12-3-4-17(13(9-12)11-20)23-7-1-2-8-23/h3-6,9-10H,1-2,7-8H2,(H,21,22). The van der Waals surface area contributed by atoms with Gasteiger partial charge in [-0.3, -0.25) is 0 Å². The van der Waals surface area contributed by atoms with Crippen LogP contribution in [0, 0.1) is 11.3 Å². The molecule has 0 radical (unpaired) electrons. The number of nitriles is 1. The van der Waals surface area contributed by atoms with E-state index in [-0.39, 0.29) is 0 Å². The van der Waals surface area contributed by atoms with Gasteiger partial charge in [-0.05, 0) is 42.7 Å². The second kappa shape index (κ2) is 5.60. The number of hydrogen-bond acceptors (Lipinski definition) is 3. The molecule has 1 aliphatic rings. The molecule has 0 aliphatic carbocycles. The normalized spacial score (nSPS) is 14.3. The van der Waals surface area contributed by atoms with Gasteiger partial charge in [0.1, 0.15) is 11.7 Å². The average Bonchev–Trinajstić information content (AvgIpc) is 3.24. The van der Waals surface area contributed by atoms with Crippen LogP contribution in [-0.4, -0.2) is 23.1 Å². The second-order valence-electron chi connectivity index (χ2n) is 5.78. The lowest BCUT2D eigenvalue weighted by molar-refractivity contribution is 0.949. The number of anilines is 1. The molecule has 3 aromatic rings. The first-order valence-electron chi connectivity index (χ1n) is 7.69. The smallest absolute Gasteiger partial charge is 0.139 e. The molecule has 1 aromatic carbocycles. The highest BCUT2D eigenvalue weighted by molar-refractivity contribution is 6.35. The van der Waals surface area contributed by atoms with Crippen molar-refractivity contribution in [2.24, 2.45) is 0 Å². The van der Waals surface area contributed by atoms with E-state index in [2.05, 4.69) is 20.9 Å². The van der Waals surface area contributed by atoms with Crippen molar-refractivity contribution in [3.05, 3.63) is 47.1 Å². The van der Waals surface area contributed by atoms with Crippen LogP contribution in [0.15, 0.2) is 36.5 Å². The van der Waals surface area contributed by atoms with E-state index in [1.165, 1.54) is 12.8 Å². The molecule has 4 nitrogen and oxygen atoms in total. The Morgan fingerprint density at radius 1 is 1.17 bits per heavy atom. The molecule has 3 heterocycles. The molecular weight excluding hydrogens is 308 g/mol. The zero-order valence-corrected chi connectivity index (χ0v) is 13.3. The maximum atomic E-state index is 9.51. The third kappa shape index (κ3) is 2.43. The summed E-state index contributed by atoms with van der Waals surface area (Å²) in [7, 11) is 0. The summed E-state index contributed by atoms with van der Waals surface area (Å²) in [6.45, 7) is 2.06. The van der Waals surface area contributed by atoms with Crippen molar-refractivity contribution in [1.29, 1.82) is 5.26 Å². The van der Waals surface area contributed by atoms with E-state index >= 15 is 0 Å². The number of aromatic amines is 1. The van der Waals surface area contributed by atoms with Gasteiger partial charge in [0, 0.05) is 30.4 Å². The van der Waals surface area contributed by atoms with E-state index in [9.17, 15) is 5.26 Å². The van der Waals surface area contributed by atoms with Gasteiger partial charge in [-0.2, -0.15) is 5.26 Å². The minimum atomic E-state index is 0.673. The number of nitrogens with zero attached hydrogens (tertiary/aromatic N) is 3. The maximum Gasteiger partial charge on any atom is 0.139 e. The number of rotatable bonds is 2. The monoisotopic (exact) mass is 322 g/mol. The van der Waals surface area contributed by atoms with Gasteiger partial charge in [0.2, 0.25) is 0 Å². The van der Waals surface area contributed by atoms with Crippen LogP contribution in [0.4, 0.5) is 5.69 Å². The zero-order chi connectivity index (χ0) is 15.8. The molecule has 2 aromatic heterocycles. The average molecular weight is 323 g/mol. The number of H-pyrrole nitrogens is 1. The first-order chi connectivity index (χ1) is 11.3. The fourth-order valence-electron chi connectivity index (χ4n) is 3.18. The third-order valence-corrected chi connectivity index (χ3v) is 4.68. The molecule has 1 saturated heterocycles. The molecule has 5 heteroatoms. The third-order valence-electron chi connectivity index (χ3n) is 4.35. The summed E-state index contributed by atoms with van der Waals surface area (Å²) < 4.78 is 0. The Morgan fingerprint density at radius 2 is 2.00 bits per heavy atom. The number of hydrogen-bond donors (Lipinski definition) is 1. The number of pyridine rings is 1. The minimum absolute atomic E-state index is 0.673. The molecule has 0 unspecified atom stereocenters. The molecule has 0 bridgehead atoms. The summed E-state index contributed by atoms with van der Waals surface area (Å²) in [6, 6.07) is 12.1. The number of nitrogens with one attached hydrogen (secondary N) is 1. The van der Waals surface area contributed by atoms with E-state index in [1.807, 2.05) is 24.3 Å². The van der Waals surface area contributed by atoms with Crippen LogP contribution in [0.5, 0.6) is 0 Å². The Balaban J connectivity index is 1.79. The molecule has 0 spiro atoms. The van der Waals surface area contributed by atoms with Crippen molar-refractivity contribution in [2.75, 3.05) is 18.0 Å². The summed E-state index contributed by atoms with van der Waals surface area (Å²) in [5, 5.41) is 11.1. The first kappa shape index (κ1) is 14.1. The highest BCUT2D eigenvalue weighted by Gasteiger charge is 2.17. The van der Waals surface area contributed by atoms with E-state index in [0.29, 0.717) is 10.6 Å². The lowest BCUT2D eigenvalue weighted by Crippen LogP contribution is -2.18. The quantitative estimate of drug-likeness (QED) is 0.763. The molecule has 4 rings (SSSR count). The molecule has 1 aliphatic heterocycles. The Bertz CT molecular complexity index is 916. The molecule has 0 amide bonds. The Labute approximate surface area is 139 Å². The lowest BCUT2D eigenvalue weighted by atomic mass is 10.1. The molecule has 0 saturated carbocycles. The van der Waals surface area contributed by atoms with E-state index in [0.717, 1.165) is 41.1 Å². The van der Waals surface area contributed by atoms with Crippen LogP contribution in [0.3, 0.4) is 0 Å². The highest BCUT2D eigenvalue weighted by Crippen LogP contribution is 2.31. The Morgan fingerprint density at radius 3 is 2.74 bits per heavy atom. The van der Waals surface area contributed by atoms with Gasteiger partial charge in [0.25, 0.3) is 0 Å². The van der Waals surface area contributed by atoms with Crippen LogP contribution < -0.4 is 4.90 Å². The van der Waals surface area contributed by atoms with Crippen molar-refractivity contribution in [1.82, 2.24) is 9.97 Å². The number of fused-ring (bicyclic) bond motifs is 1. The lowest BCUT2D eigenvalue weighted by Gasteiger charge is -2.19. The second-order valence-corrected chi connectivity index (χ2v) is 6.18. The van der Waals surface area contributed by atoms with Gasteiger partial charge < -0.3 is 9.88 Å². The fraction of sp³-hybridized carbons (Fsp3) is 0.222. The summed E-state index contributed by atoms with van der Waals surface area (Å²) in [5.74, 6) is 0. The van der Waals surface area contributed by atoms with Crippen molar-refractivity contribution < 1.29 is 0 Å². The summed E-state index contributed by atoms with van der Waals surface area (Å²) in [5.41, 5.74) is 4.39. The molecule has 0 atom stereocenters. The Kier molecular flexibility index (Phi) is 3.44. The van der Waals surface area contributed by atoms with Crippen LogP contribution in [0.25, 0.3) is 22.3 Å². The summed E-state index contributed by atoms with van der Waals surface area (Å²) >= 11 is 6.21. The van der Waals surface area contributed by atoms with Gasteiger partial charge in [-0.1, -0.05) is 17.7 Å². The predicted octanol–water partition coefficient (Wildman–Crippen LogP) is 4.36. The summed E-state index contributed by atoms with van der Waals surface area (Å²) in [4.78, 5) is 9.86. The number of halogens is 1. The van der Waals surface area contributed by atoms with Crippen molar-refractivity contribution in [3.63, 3.8) is 0 Å². The highest BCUT2D eigenvalue weighted by atomic mass is 35.5. The van der Waals surface area contributed by atoms with Crippen LogP contribution in [0.1, 0.15) is 18.4 Å². The van der Waals surface area contributed by atoms with Crippen LogP contribution in [0.2, 0.25) is 5.02 Å². The molecular formula is C18H15ClN4. The van der Waals surface area contributed by atoms with E-state index < -0.39 is 0 Å². The number of aromatic nitrogens is 2. The topological polar surface area (TPSA) is 55.7 Å². The molecule has 114 valence electrons. The van der Waals surface area contributed by atoms with E-state index in [1.54, 1.807) is 12.3 Å². The first-order valence-corrected chi connectivity index (χ1v) is 8.07.